The van der Waals surface area contributed by atoms with E-state index in [0.29, 0.717) is 10.6 Å². The van der Waals surface area contributed by atoms with E-state index in [-0.39, 0.29) is 11.5 Å². The summed E-state index contributed by atoms with van der Waals surface area (Å²) in [7, 11) is 0. The van der Waals surface area contributed by atoms with Crippen LogP contribution in [0.4, 0.5) is 5.69 Å². The molecular formula is C12H8N2O3S. The molecule has 2 heterocycles. The maximum absolute atomic E-state index is 11.7. The van der Waals surface area contributed by atoms with E-state index in [2.05, 4.69) is 4.98 Å². The second kappa shape index (κ2) is 5.33. The van der Waals surface area contributed by atoms with E-state index in [4.69, 9.17) is 0 Å². The lowest BCUT2D eigenvalue weighted by atomic mass is 10.2. The van der Waals surface area contributed by atoms with Crippen LogP contribution in [-0.4, -0.2) is 15.7 Å². The Morgan fingerprint density at radius 2 is 2.22 bits per heavy atom. The van der Waals surface area contributed by atoms with Crippen molar-refractivity contribution in [3.05, 3.63) is 62.6 Å². The molecule has 6 heteroatoms. The molecular weight excluding hydrogens is 252 g/mol. The Kier molecular flexibility index (Phi) is 3.59. The number of carbonyl (C=O) groups excluding carboxylic acids is 1. The average molecular weight is 260 g/mol. The van der Waals surface area contributed by atoms with Crippen LogP contribution in [0.2, 0.25) is 0 Å². The maximum Gasteiger partial charge on any atom is 0.287 e. The second-order valence-electron chi connectivity index (χ2n) is 3.34. The molecule has 0 spiro atoms. The van der Waals surface area contributed by atoms with Crippen molar-refractivity contribution in [2.24, 2.45) is 0 Å². The van der Waals surface area contributed by atoms with Gasteiger partial charge < -0.3 is 0 Å². The fourth-order valence-electron chi connectivity index (χ4n) is 1.34. The fourth-order valence-corrected chi connectivity index (χ4v) is 2.09. The van der Waals surface area contributed by atoms with Crippen molar-refractivity contribution in [3.8, 4) is 0 Å². The Labute approximate surface area is 107 Å². The van der Waals surface area contributed by atoms with Gasteiger partial charge in [-0.15, -0.1) is 11.3 Å². The van der Waals surface area contributed by atoms with Crippen LogP contribution < -0.4 is 0 Å². The SMILES string of the molecule is O=C(/C=C/c1sccc1[N+](=O)[O-])c1ccccn1. The summed E-state index contributed by atoms with van der Waals surface area (Å²) >= 11 is 1.21. The van der Waals surface area contributed by atoms with Crippen molar-refractivity contribution in [2.75, 3.05) is 0 Å². The first kappa shape index (κ1) is 12.1. The van der Waals surface area contributed by atoms with Gasteiger partial charge in [0.1, 0.15) is 10.6 Å². The summed E-state index contributed by atoms with van der Waals surface area (Å²) in [6.45, 7) is 0. The highest BCUT2D eigenvalue weighted by Gasteiger charge is 2.12. The van der Waals surface area contributed by atoms with Gasteiger partial charge in [0, 0.05) is 12.3 Å². The van der Waals surface area contributed by atoms with Crippen molar-refractivity contribution in [1.29, 1.82) is 0 Å². The lowest BCUT2D eigenvalue weighted by molar-refractivity contribution is -0.384. The lowest BCUT2D eigenvalue weighted by Crippen LogP contribution is -1.96. The normalized spacial score (nSPS) is 10.7. The van der Waals surface area contributed by atoms with Gasteiger partial charge in [-0.2, -0.15) is 0 Å². The average Bonchev–Trinajstić information content (AvgIpc) is 2.85. The van der Waals surface area contributed by atoms with Crippen molar-refractivity contribution in [2.45, 2.75) is 0 Å². The summed E-state index contributed by atoms with van der Waals surface area (Å²) in [6.07, 6.45) is 4.26. The monoisotopic (exact) mass is 260 g/mol. The Morgan fingerprint density at radius 1 is 1.39 bits per heavy atom. The number of nitrogens with zero attached hydrogens (tertiary/aromatic N) is 2. The number of rotatable bonds is 4. The zero-order valence-electron chi connectivity index (χ0n) is 9.15. The van der Waals surface area contributed by atoms with Gasteiger partial charge in [0.05, 0.1) is 4.92 Å². The van der Waals surface area contributed by atoms with Gasteiger partial charge in [-0.1, -0.05) is 6.07 Å². The summed E-state index contributed by atoms with van der Waals surface area (Å²) in [5.74, 6) is -0.279. The van der Waals surface area contributed by atoms with Crippen LogP contribution in [0.1, 0.15) is 15.4 Å². The van der Waals surface area contributed by atoms with Crippen LogP contribution in [0.5, 0.6) is 0 Å². The largest absolute Gasteiger partial charge is 0.288 e. The van der Waals surface area contributed by atoms with E-state index < -0.39 is 4.92 Å². The van der Waals surface area contributed by atoms with E-state index in [1.54, 1.807) is 23.6 Å². The molecule has 2 aromatic rings. The summed E-state index contributed by atoms with van der Waals surface area (Å²) in [4.78, 5) is 26.3. The van der Waals surface area contributed by atoms with Crippen molar-refractivity contribution >= 4 is 28.9 Å². The molecule has 0 aromatic carbocycles. The molecule has 5 nitrogen and oxygen atoms in total. The number of hydrogen-bond donors (Lipinski definition) is 0. The van der Waals surface area contributed by atoms with Crippen LogP contribution in [0, 0.1) is 10.1 Å². The first-order valence-corrected chi connectivity index (χ1v) is 5.92. The van der Waals surface area contributed by atoms with Crippen LogP contribution in [0.25, 0.3) is 6.08 Å². The third-order valence-corrected chi connectivity index (χ3v) is 3.04. The Balaban J connectivity index is 2.19. The van der Waals surface area contributed by atoms with E-state index in [0.717, 1.165) is 0 Å². The second-order valence-corrected chi connectivity index (χ2v) is 4.29. The topological polar surface area (TPSA) is 73.1 Å². The number of aromatic nitrogens is 1. The minimum atomic E-state index is -0.471. The number of pyridine rings is 1. The Hall–Kier alpha value is -2.34. The number of allylic oxidation sites excluding steroid dienone is 1. The summed E-state index contributed by atoms with van der Waals surface area (Å²) in [5.41, 5.74) is 0.318. The zero-order valence-corrected chi connectivity index (χ0v) is 9.96. The smallest absolute Gasteiger partial charge is 0.287 e. The molecule has 0 unspecified atom stereocenters. The third-order valence-electron chi connectivity index (χ3n) is 2.17. The Morgan fingerprint density at radius 3 is 2.89 bits per heavy atom. The molecule has 2 rings (SSSR count). The molecule has 0 bridgehead atoms. The highest BCUT2D eigenvalue weighted by molar-refractivity contribution is 7.11. The van der Waals surface area contributed by atoms with E-state index in [1.807, 2.05) is 0 Å². The summed E-state index contributed by atoms with van der Waals surface area (Å²) in [5, 5.41) is 12.3. The molecule has 0 amide bonds. The minimum Gasteiger partial charge on any atom is -0.288 e. The van der Waals surface area contributed by atoms with Crippen molar-refractivity contribution in [1.82, 2.24) is 4.98 Å². The van der Waals surface area contributed by atoms with Gasteiger partial charge >= 0.3 is 0 Å². The number of hydrogen-bond acceptors (Lipinski definition) is 5. The van der Waals surface area contributed by atoms with Crippen LogP contribution >= 0.6 is 11.3 Å². The molecule has 18 heavy (non-hydrogen) atoms. The molecule has 0 aliphatic heterocycles. The minimum absolute atomic E-state index is 0.00470. The maximum atomic E-state index is 11.7. The van der Waals surface area contributed by atoms with Crippen molar-refractivity contribution in [3.63, 3.8) is 0 Å². The van der Waals surface area contributed by atoms with Gasteiger partial charge in [0.15, 0.2) is 0 Å². The number of carbonyl (C=O) groups is 1. The first-order valence-electron chi connectivity index (χ1n) is 5.04. The molecule has 0 aliphatic carbocycles. The number of nitro groups is 1. The molecule has 0 saturated heterocycles. The molecule has 0 radical (unpaired) electrons. The molecule has 0 N–H and O–H groups in total. The van der Waals surface area contributed by atoms with E-state index in [9.17, 15) is 14.9 Å². The van der Waals surface area contributed by atoms with Gasteiger partial charge in [0.25, 0.3) is 5.69 Å². The van der Waals surface area contributed by atoms with Crippen molar-refractivity contribution < 1.29 is 9.72 Å². The molecule has 0 fully saturated rings. The third kappa shape index (κ3) is 2.67. The molecule has 0 atom stereocenters. The fraction of sp³-hybridized carbons (Fsp3) is 0. The molecule has 2 aromatic heterocycles. The number of thiophene rings is 1. The van der Waals surface area contributed by atoms with Crippen LogP contribution in [0.3, 0.4) is 0 Å². The first-order chi connectivity index (χ1) is 8.68. The molecule has 0 aliphatic rings. The quantitative estimate of drug-likeness (QED) is 0.366. The van der Waals surface area contributed by atoms with E-state index >= 15 is 0 Å². The highest BCUT2D eigenvalue weighted by Crippen LogP contribution is 2.25. The van der Waals surface area contributed by atoms with Gasteiger partial charge in [-0.3, -0.25) is 19.9 Å². The Bertz CT molecular complexity index is 605. The number of ketones is 1. The lowest BCUT2D eigenvalue weighted by Gasteiger charge is -1.92. The molecule has 90 valence electrons. The van der Waals surface area contributed by atoms with Gasteiger partial charge in [0.2, 0.25) is 5.78 Å². The zero-order chi connectivity index (χ0) is 13.0. The molecule has 0 saturated carbocycles. The van der Waals surface area contributed by atoms with Crippen LogP contribution in [0.15, 0.2) is 41.9 Å². The predicted molar refractivity (Wildman–Crippen MR) is 68.6 cm³/mol. The predicted octanol–water partition coefficient (Wildman–Crippen LogP) is 2.95. The van der Waals surface area contributed by atoms with Gasteiger partial charge in [-0.05, 0) is 29.7 Å². The standard InChI is InChI=1S/C12H8N2O3S/c15-11(9-3-1-2-7-13-9)4-5-12-10(14(16)17)6-8-18-12/h1-8H/b5-4+. The summed E-state index contributed by atoms with van der Waals surface area (Å²) in [6, 6.07) is 6.43. The van der Waals surface area contributed by atoms with E-state index in [1.165, 1.54) is 35.8 Å². The highest BCUT2D eigenvalue weighted by atomic mass is 32.1. The van der Waals surface area contributed by atoms with Crippen LogP contribution in [-0.2, 0) is 0 Å². The van der Waals surface area contributed by atoms with Gasteiger partial charge in [-0.25, -0.2) is 0 Å². The summed E-state index contributed by atoms with van der Waals surface area (Å²) < 4.78 is 0.